The van der Waals surface area contributed by atoms with E-state index in [9.17, 15) is 14.7 Å². The molecule has 0 bridgehead atoms. The molecule has 23 heavy (non-hydrogen) atoms. The molecule has 0 aliphatic carbocycles. The number of nitrogens with one attached hydrogen (secondary N) is 1. The molecular formula is C17H23ClN2O3. The van der Waals surface area contributed by atoms with E-state index in [0.717, 1.165) is 26.1 Å². The van der Waals surface area contributed by atoms with Gasteiger partial charge in [-0.25, -0.2) is 4.79 Å². The Labute approximate surface area is 141 Å². The Morgan fingerprint density at radius 2 is 1.83 bits per heavy atom. The van der Waals surface area contributed by atoms with Crippen molar-refractivity contribution in [2.45, 2.75) is 38.1 Å². The largest absolute Gasteiger partial charge is 0.479 e. The van der Waals surface area contributed by atoms with Crippen molar-refractivity contribution < 1.29 is 14.7 Å². The van der Waals surface area contributed by atoms with Crippen molar-refractivity contribution in [3.63, 3.8) is 0 Å². The van der Waals surface area contributed by atoms with E-state index < -0.39 is 12.0 Å². The van der Waals surface area contributed by atoms with Gasteiger partial charge in [-0.05, 0) is 56.6 Å². The van der Waals surface area contributed by atoms with Crippen LogP contribution in [0.4, 0.5) is 0 Å². The maximum atomic E-state index is 12.0. The monoisotopic (exact) mass is 338 g/mol. The summed E-state index contributed by atoms with van der Waals surface area (Å²) in [4.78, 5) is 25.8. The summed E-state index contributed by atoms with van der Waals surface area (Å²) in [6.07, 6.45) is 4.83. The average molecular weight is 339 g/mol. The highest BCUT2D eigenvalue weighted by molar-refractivity contribution is 6.30. The smallest absolute Gasteiger partial charge is 0.330 e. The summed E-state index contributed by atoms with van der Waals surface area (Å²) in [5.41, 5.74) is 0.520. The summed E-state index contributed by atoms with van der Waals surface area (Å²) in [5, 5.41) is 12.4. The third-order valence-electron chi connectivity index (χ3n) is 4.08. The number of aliphatic carboxylic acids is 1. The van der Waals surface area contributed by atoms with Crippen LogP contribution in [0, 0.1) is 0 Å². The Hall–Kier alpha value is -1.59. The minimum absolute atomic E-state index is 0.232. The van der Waals surface area contributed by atoms with Gasteiger partial charge in [0.1, 0.15) is 0 Å². The third kappa shape index (κ3) is 5.84. The number of carboxylic acid groups (broad SMARTS) is 1. The van der Waals surface area contributed by atoms with Crippen LogP contribution in [-0.4, -0.2) is 41.5 Å². The summed E-state index contributed by atoms with van der Waals surface area (Å²) < 4.78 is 0. The fraction of sp³-hybridized carbons (Fsp3) is 0.529. The van der Waals surface area contributed by atoms with Gasteiger partial charge in [0.2, 0.25) is 5.91 Å². The molecule has 6 heteroatoms. The molecule has 2 rings (SSSR count). The van der Waals surface area contributed by atoms with Crippen molar-refractivity contribution in [1.29, 1.82) is 0 Å². The minimum atomic E-state index is -1.07. The number of carbonyl (C=O) groups is 2. The quantitative estimate of drug-likeness (QED) is 0.802. The van der Waals surface area contributed by atoms with Gasteiger partial charge in [0.05, 0.1) is 0 Å². The highest BCUT2D eigenvalue weighted by atomic mass is 35.5. The second-order valence-corrected chi connectivity index (χ2v) is 6.33. The number of nitrogens with zero attached hydrogens (tertiary/aromatic N) is 1. The van der Waals surface area contributed by atoms with Crippen LogP contribution >= 0.6 is 11.6 Å². The van der Waals surface area contributed by atoms with E-state index in [1.165, 1.54) is 19.3 Å². The van der Waals surface area contributed by atoms with Crippen molar-refractivity contribution in [3.8, 4) is 0 Å². The average Bonchev–Trinajstić information content (AvgIpc) is 2.54. The number of benzene rings is 1. The van der Waals surface area contributed by atoms with Gasteiger partial charge in [0.25, 0.3) is 0 Å². The van der Waals surface area contributed by atoms with Crippen LogP contribution in [0.3, 0.4) is 0 Å². The lowest BCUT2D eigenvalue weighted by Crippen LogP contribution is -2.35. The number of hydrogen-bond acceptors (Lipinski definition) is 3. The van der Waals surface area contributed by atoms with Crippen LogP contribution in [0.2, 0.25) is 5.02 Å². The number of carboxylic acids is 1. The molecule has 0 radical (unpaired) electrons. The molecule has 1 saturated heterocycles. The van der Waals surface area contributed by atoms with Crippen molar-refractivity contribution in [2.75, 3.05) is 19.6 Å². The van der Waals surface area contributed by atoms with Gasteiger partial charge in [-0.2, -0.15) is 0 Å². The Morgan fingerprint density at radius 1 is 1.17 bits per heavy atom. The van der Waals surface area contributed by atoms with E-state index in [-0.39, 0.29) is 5.91 Å². The Morgan fingerprint density at radius 3 is 2.43 bits per heavy atom. The number of rotatable bonds is 7. The Balaban J connectivity index is 1.81. The molecule has 1 aromatic carbocycles. The summed E-state index contributed by atoms with van der Waals surface area (Å²) in [6, 6.07) is 5.45. The molecule has 1 atom stereocenters. The van der Waals surface area contributed by atoms with Gasteiger partial charge >= 0.3 is 5.97 Å². The second kappa shape index (κ2) is 8.89. The van der Waals surface area contributed by atoms with Crippen molar-refractivity contribution in [3.05, 3.63) is 34.9 Å². The van der Waals surface area contributed by atoms with E-state index in [0.29, 0.717) is 17.0 Å². The highest BCUT2D eigenvalue weighted by Gasteiger charge is 2.22. The number of amides is 1. The van der Waals surface area contributed by atoms with Gasteiger partial charge < -0.3 is 15.3 Å². The molecule has 0 saturated carbocycles. The van der Waals surface area contributed by atoms with E-state index in [4.69, 9.17) is 11.6 Å². The summed E-state index contributed by atoms with van der Waals surface area (Å²) in [7, 11) is 0. The van der Waals surface area contributed by atoms with Gasteiger partial charge in [-0.15, -0.1) is 0 Å². The number of carbonyl (C=O) groups excluding carboxylic acids is 1. The molecule has 1 aliphatic heterocycles. The van der Waals surface area contributed by atoms with Crippen molar-refractivity contribution in [1.82, 2.24) is 10.2 Å². The van der Waals surface area contributed by atoms with Crippen LogP contribution in [0.5, 0.6) is 0 Å². The summed E-state index contributed by atoms with van der Waals surface area (Å²) in [6.45, 7) is 3.10. The molecule has 1 aromatic rings. The number of halogens is 1. The van der Waals surface area contributed by atoms with E-state index in [1.807, 2.05) is 0 Å². The number of hydrogen-bond donors (Lipinski definition) is 2. The SMILES string of the molecule is O=C(CCCN1CCCCC1)N[C@H](C(=O)O)c1ccc(Cl)cc1. The lowest BCUT2D eigenvalue weighted by molar-refractivity contribution is -0.142. The Bertz CT molecular complexity index is 527. The molecular weight excluding hydrogens is 316 g/mol. The first-order chi connectivity index (χ1) is 11.1. The Kier molecular flexibility index (Phi) is 6.86. The lowest BCUT2D eigenvalue weighted by atomic mass is 10.1. The van der Waals surface area contributed by atoms with Crippen molar-refractivity contribution >= 4 is 23.5 Å². The second-order valence-electron chi connectivity index (χ2n) is 5.90. The van der Waals surface area contributed by atoms with E-state index >= 15 is 0 Å². The molecule has 1 heterocycles. The topological polar surface area (TPSA) is 69.6 Å². The van der Waals surface area contributed by atoms with Gasteiger partial charge in [-0.1, -0.05) is 30.2 Å². The van der Waals surface area contributed by atoms with Crippen LogP contribution in [-0.2, 0) is 9.59 Å². The third-order valence-corrected chi connectivity index (χ3v) is 4.33. The van der Waals surface area contributed by atoms with E-state index in [2.05, 4.69) is 10.2 Å². The molecule has 1 fully saturated rings. The van der Waals surface area contributed by atoms with Crippen LogP contribution in [0.25, 0.3) is 0 Å². The molecule has 2 N–H and O–H groups in total. The molecule has 0 spiro atoms. The molecule has 1 aliphatic rings. The summed E-state index contributed by atoms with van der Waals surface area (Å²) in [5.74, 6) is -1.30. The lowest BCUT2D eigenvalue weighted by Gasteiger charge is -2.26. The number of piperidine rings is 1. The van der Waals surface area contributed by atoms with Gasteiger partial charge in [0, 0.05) is 11.4 Å². The molecule has 0 unspecified atom stereocenters. The molecule has 0 aromatic heterocycles. The predicted molar refractivity (Wildman–Crippen MR) is 89.5 cm³/mol. The molecule has 126 valence electrons. The first-order valence-electron chi connectivity index (χ1n) is 8.06. The normalized spacial score (nSPS) is 16.7. The van der Waals surface area contributed by atoms with E-state index in [1.54, 1.807) is 24.3 Å². The highest BCUT2D eigenvalue weighted by Crippen LogP contribution is 2.17. The summed E-state index contributed by atoms with van der Waals surface area (Å²) >= 11 is 5.80. The predicted octanol–water partition coefficient (Wildman–Crippen LogP) is 2.85. The van der Waals surface area contributed by atoms with Crippen LogP contribution < -0.4 is 5.32 Å². The first kappa shape index (κ1) is 17.8. The zero-order valence-corrected chi connectivity index (χ0v) is 13.9. The fourth-order valence-corrected chi connectivity index (χ4v) is 2.95. The van der Waals surface area contributed by atoms with Gasteiger partial charge in [-0.3, -0.25) is 4.79 Å². The van der Waals surface area contributed by atoms with Crippen molar-refractivity contribution in [2.24, 2.45) is 0 Å². The standard InChI is InChI=1S/C17H23ClN2O3/c18-14-8-6-13(7-9-14)16(17(22)23)19-15(21)5-4-12-20-10-2-1-3-11-20/h6-9,16H,1-5,10-12H2,(H,19,21)(H,22,23)/t16-/m0/s1. The zero-order valence-electron chi connectivity index (χ0n) is 13.1. The molecule has 1 amide bonds. The maximum Gasteiger partial charge on any atom is 0.330 e. The number of likely N-dealkylation sites (tertiary alicyclic amines) is 1. The fourth-order valence-electron chi connectivity index (χ4n) is 2.82. The van der Waals surface area contributed by atoms with Gasteiger partial charge in [0.15, 0.2) is 6.04 Å². The zero-order chi connectivity index (χ0) is 16.7. The van der Waals surface area contributed by atoms with Crippen LogP contribution in [0.1, 0.15) is 43.7 Å². The first-order valence-corrected chi connectivity index (χ1v) is 8.44. The minimum Gasteiger partial charge on any atom is -0.479 e. The maximum absolute atomic E-state index is 12.0. The van der Waals surface area contributed by atoms with Crippen LogP contribution in [0.15, 0.2) is 24.3 Å². The molecule has 5 nitrogen and oxygen atoms in total.